The predicted molar refractivity (Wildman–Crippen MR) is 89.3 cm³/mol. The SMILES string of the molecule is CC(C)NC(N)=NCc1cc(Br)c2c(c1)OCO2.I. The van der Waals surface area contributed by atoms with E-state index in [1.54, 1.807) is 0 Å². The fourth-order valence-electron chi connectivity index (χ4n) is 1.63. The van der Waals surface area contributed by atoms with Gasteiger partial charge in [0, 0.05) is 6.04 Å². The van der Waals surface area contributed by atoms with E-state index in [0.29, 0.717) is 12.5 Å². The van der Waals surface area contributed by atoms with E-state index in [2.05, 4.69) is 26.2 Å². The monoisotopic (exact) mass is 441 g/mol. The molecule has 106 valence electrons. The van der Waals surface area contributed by atoms with Gasteiger partial charge in [-0.1, -0.05) is 0 Å². The lowest BCUT2D eigenvalue weighted by Crippen LogP contribution is -2.36. The normalized spacial score (nSPS) is 13.4. The van der Waals surface area contributed by atoms with Crippen LogP contribution in [0.3, 0.4) is 0 Å². The Balaban J connectivity index is 0.00000180. The van der Waals surface area contributed by atoms with Gasteiger partial charge in [-0.2, -0.15) is 0 Å². The summed E-state index contributed by atoms with van der Waals surface area (Å²) in [5.41, 5.74) is 6.76. The first kappa shape index (κ1) is 16.4. The van der Waals surface area contributed by atoms with Gasteiger partial charge in [-0.25, -0.2) is 4.99 Å². The Morgan fingerprint density at radius 2 is 2.21 bits per heavy atom. The number of aliphatic imine (C=N–C) groups is 1. The van der Waals surface area contributed by atoms with Crippen molar-refractivity contribution in [3.63, 3.8) is 0 Å². The van der Waals surface area contributed by atoms with Crippen LogP contribution < -0.4 is 20.5 Å². The Morgan fingerprint density at radius 1 is 1.47 bits per heavy atom. The zero-order valence-corrected chi connectivity index (χ0v) is 14.7. The third-order valence-corrected chi connectivity index (χ3v) is 2.94. The molecule has 0 unspecified atom stereocenters. The van der Waals surface area contributed by atoms with Crippen LogP contribution in [0.5, 0.6) is 11.5 Å². The van der Waals surface area contributed by atoms with Crippen LogP contribution in [0.1, 0.15) is 19.4 Å². The Labute approximate surface area is 138 Å². The van der Waals surface area contributed by atoms with Gasteiger partial charge in [-0.05, 0) is 47.5 Å². The minimum Gasteiger partial charge on any atom is -0.454 e. The summed E-state index contributed by atoms with van der Waals surface area (Å²) in [6, 6.07) is 4.15. The Bertz CT molecular complexity index is 480. The van der Waals surface area contributed by atoms with Crippen molar-refractivity contribution in [2.75, 3.05) is 6.79 Å². The molecule has 2 rings (SSSR count). The van der Waals surface area contributed by atoms with Crippen LogP contribution in [-0.2, 0) is 6.54 Å². The molecule has 3 N–H and O–H groups in total. The molecule has 0 amide bonds. The standard InChI is InChI=1S/C12H16BrN3O2.HI/c1-7(2)16-12(14)15-5-8-3-9(13)11-10(4-8)17-6-18-11;/h3-4,7H,5-6H2,1-2H3,(H3,14,15,16);1H. The molecule has 0 radical (unpaired) electrons. The van der Waals surface area contributed by atoms with Gasteiger partial charge in [0.25, 0.3) is 0 Å². The predicted octanol–water partition coefficient (Wildman–Crippen LogP) is 2.61. The number of halogens is 2. The molecule has 0 spiro atoms. The summed E-state index contributed by atoms with van der Waals surface area (Å²) in [4.78, 5) is 4.27. The number of hydrogen-bond acceptors (Lipinski definition) is 3. The molecule has 1 aromatic carbocycles. The highest BCUT2D eigenvalue weighted by atomic mass is 127. The van der Waals surface area contributed by atoms with Crippen molar-refractivity contribution >= 4 is 45.9 Å². The van der Waals surface area contributed by atoms with Crippen molar-refractivity contribution < 1.29 is 9.47 Å². The second-order valence-electron chi connectivity index (χ2n) is 4.31. The summed E-state index contributed by atoms with van der Waals surface area (Å²) < 4.78 is 11.5. The molecular weight excluding hydrogens is 425 g/mol. The first-order chi connectivity index (χ1) is 8.56. The average molecular weight is 442 g/mol. The number of nitrogens with zero attached hydrogens (tertiary/aromatic N) is 1. The van der Waals surface area contributed by atoms with Crippen molar-refractivity contribution in [2.45, 2.75) is 26.4 Å². The van der Waals surface area contributed by atoms with Gasteiger partial charge in [-0.15, -0.1) is 24.0 Å². The van der Waals surface area contributed by atoms with Crippen LogP contribution in [0, 0.1) is 0 Å². The highest BCUT2D eigenvalue weighted by molar-refractivity contribution is 14.0. The van der Waals surface area contributed by atoms with E-state index in [9.17, 15) is 0 Å². The first-order valence-electron chi connectivity index (χ1n) is 5.70. The second-order valence-corrected chi connectivity index (χ2v) is 5.17. The molecule has 0 saturated heterocycles. The fraction of sp³-hybridized carbons (Fsp3) is 0.417. The summed E-state index contributed by atoms with van der Waals surface area (Å²) in [6.07, 6.45) is 0. The summed E-state index contributed by atoms with van der Waals surface area (Å²) in [5, 5.41) is 3.04. The van der Waals surface area contributed by atoms with E-state index in [4.69, 9.17) is 15.2 Å². The van der Waals surface area contributed by atoms with Crippen LogP contribution in [0.25, 0.3) is 0 Å². The summed E-state index contributed by atoms with van der Waals surface area (Å²) >= 11 is 3.45. The van der Waals surface area contributed by atoms with E-state index in [-0.39, 0.29) is 36.8 Å². The molecule has 1 heterocycles. The molecule has 7 heteroatoms. The number of ether oxygens (including phenoxy) is 2. The molecule has 0 atom stereocenters. The average Bonchev–Trinajstić information content (AvgIpc) is 2.74. The molecule has 1 aromatic rings. The summed E-state index contributed by atoms with van der Waals surface area (Å²) in [5.74, 6) is 1.93. The minimum atomic E-state index is 0. The van der Waals surface area contributed by atoms with E-state index in [1.807, 2.05) is 26.0 Å². The van der Waals surface area contributed by atoms with Gasteiger partial charge in [0.15, 0.2) is 17.5 Å². The van der Waals surface area contributed by atoms with Crippen molar-refractivity contribution in [3.05, 3.63) is 22.2 Å². The maximum atomic E-state index is 5.74. The number of rotatable bonds is 3. The number of hydrogen-bond donors (Lipinski definition) is 2. The van der Waals surface area contributed by atoms with Crippen LogP contribution in [0.2, 0.25) is 0 Å². The molecule has 0 aliphatic carbocycles. The van der Waals surface area contributed by atoms with E-state index < -0.39 is 0 Å². The summed E-state index contributed by atoms with van der Waals surface area (Å²) in [6.45, 7) is 4.79. The molecule has 0 aromatic heterocycles. The van der Waals surface area contributed by atoms with Gasteiger partial charge in [0.2, 0.25) is 6.79 Å². The number of guanidine groups is 1. The molecule has 0 bridgehead atoms. The number of fused-ring (bicyclic) bond motifs is 1. The third kappa shape index (κ3) is 4.41. The lowest BCUT2D eigenvalue weighted by atomic mass is 10.2. The lowest BCUT2D eigenvalue weighted by molar-refractivity contribution is 0.173. The Hall–Kier alpha value is -0.700. The highest BCUT2D eigenvalue weighted by Gasteiger charge is 2.17. The van der Waals surface area contributed by atoms with Gasteiger partial charge in [0.1, 0.15) is 0 Å². The molecule has 0 fully saturated rings. The topological polar surface area (TPSA) is 68.9 Å². The lowest BCUT2D eigenvalue weighted by Gasteiger charge is -2.08. The maximum absolute atomic E-state index is 5.74. The molecule has 5 nitrogen and oxygen atoms in total. The molecule has 19 heavy (non-hydrogen) atoms. The zero-order chi connectivity index (χ0) is 13.1. The molecule has 1 aliphatic rings. The van der Waals surface area contributed by atoms with Crippen molar-refractivity contribution in [2.24, 2.45) is 10.7 Å². The second kappa shape index (κ2) is 7.18. The van der Waals surface area contributed by atoms with E-state index in [0.717, 1.165) is 21.5 Å². The van der Waals surface area contributed by atoms with Crippen molar-refractivity contribution in [1.29, 1.82) is 0 Å². The number of nitrogens with one attached hydrogen (secondary N) is 1. The highest BCUT2D eigenvalue weighted by Crippen LogP contribution is 2.40. The van der Waals surface area contributed by atoms with Gasteiger partial charge in [-0.3, -0.25) is 0 Å². The van der Waals surface area contributed by atoms with Crippen molar-refractivity contribution in [1.82, 2.24) is 5.32 Å². The van der Waals surface area contributed by atoms with Crippen molar-refractivity contribution in [3.8, 4) is 11.5 Å². The van der Waals surface area contributed by atoms with E-state index in [1.165, 1.54) is 0 Å². The van der Waals surface area contributed by atoms with Crippen LogP contribution in [0.4, 0.5) is 0 Å². The number of nitrogens with two attached hydrogens (primary N) is 1. The van der Waals surface area contributed by atoms with Gasteiger partial charge >= 0.3 is 0 Å². The summed E-state index contributed by atoms with van der Waals surface area (Å²) in [7, 11) is 0. The third-order valence-electron chi connectivity index (χ3n) is 2.36. The molecular formula is C12H17BrIN3O2. The van der Waals surface area contributed by atoms with Crippen LogP contribution in [0.15, 0.2) is 21.6 Å². The quantitative estimate of drug-likeness (QED) is 0.429. The minimum absolute atomic E-state index is 0. The van der Waals surface area contributed by atoms with Gasteiger partial charge in [0.05, 0.1) is 11.0 Å². The Morgan fingerprint density at radius 3 is 2.89 bits per heavy atom. The van der Waals surface area contributed by atoms with Crippen LogP contribution >= 0.6 is 39.9 Å². The first-order valence-corrected chi connectivity index (χ1v) is 6.50. The maximum Gasteiger partial charge on any atom is 0.231 e. The largest absolute Gasteiger partial charge is 0.454 e. The van der Waals surface area contributed by atoms with E-state index >= 15 is 0 Å². The van der Waals surface area contributed by atoms with Gasteiger partial charge < -0.3 is 20.5 Å². The Kier molecular flexibility index (Phi) is 6.18. The smallest absolute Gasteiger partial charge is 0.231 e. The number of benzene rings is 1. The fourth-order valence-corrected chi connectivity index (χ4v) is 2.23. The zero-order valence-electron chi connectivity index (χ0n) is 10.8. The molecule has 0 saturated carbocycles. The van der Waals surface area contributed by atoms with Crippen LogP contribution in [-0.4, -0.2) is 18.8 Å². The molecule has 1 aliphatic heterocycles.